The van der Waals surface area contributed by atoms with E-state index in [1.165, 1.54) is 25.3 Å². The lowest BCUT2D eigenvalue weighted by atomic mass is 9.95. The monoisotopic (exact) mass is 288 g/mol. The van der Waals surface area contributed by atoms with Crippen LogP contribution in [-0.4, -0.2) is 43.1 Å². The first kappa shape index (κ1) is 16.3. The second kappa shape index (κ2) is 9.20. The number of nitrogens with one attached hydrogen (secondary N) is 1. The average Bonchev–Trinajstić information content (AvgIpc) is 2.62. The number of nitrogens with two attached hydrogens (primary N) is 1. The molecule has 0 heterocycles. The van der Waals surface area contributed by atoms with Crippen molar-refractivity contribution in [3.05, 3.63) is 0 Å². The Labute approximate surface area is 119 Å². The molecule has 0 aromatic heterocycles. The smallest absolute Gasteiger partial charge is 0.315 e. The Bertz CT molecular complexity index is 300. The van der Waals surface area contributed by atoms with E-state index in [0.29, 0.717) is 18.1 Å². The average molecular weight is 288 g/mol. The van der Waals surface area contributed by atoms with E-state index in [9.17, 15) is 9.59 Å². The predicted octanol–water partition coefficient (Wildman–Crippen LogP) is 0.916. The van der Waals surface area contributed by atoms with Crippen LogP contribution in [0.1, 0.15) is 32.1 Å². The molecule has 1 aliphatic rings. The third kappa shape index (κ3) is 6.29. The van der Waals surface area contributed by atoms with Crippen LogP contribution < -0.4 is 11.1 Å². The summed E-state index contributed by atoms with van der Waals surface area (Å²) < 4.78 is 4.54. The molecule has 5 nitrogen and oxygen atoms in total. The molecule has 3 N–H and O–H groups in total. The van der Waals surface area contributed by atoms with Gasteiger partial charge in [-0.25, -0.2) is 0 Å². The summed E-state index contributed by atoms with van der Waals surface area (Å²) in [5, 5.41) is 2.91. The van der Waals surface area contributed by atoms with Crippen molar-refractivity contribution < 1.29 is 14.3 Å². The number of amides is 1. The number of ether oxygens (including phenoxy) is 1. The van der Waals surface area contributed by atoms with Gasteiger partial charge in [0.15, 0.2) is 0 Å². The first-order chi connectivity index (χ1) is 9.15. The van der Waals surface area contributed by atoms with Crippen molar-refractivity contribution in [1.82, 2.24) is 5.32 Å². The summed E-state index contributed by atoms with van der Waals surface area (Å²) in [4.78, 5) is 22.9. The molecule has 0 unspecified atom stereocenters. The fourth-order valence-electron chi connectivity index (χ4n) is 2.25. The maximum absolute atomic E-state index is 12.0. The third-order valence-electron chi connectivity index (χ3n) is 3.40. The van der Waals surface area contributed by atoms with Gasteiger partial charge in [0.25, 0.3) is 0 Å². The molecular weight excluding hydrogens is 264 g/mol. The molecule has 0 radical (unpaired) electrons. The molecule has 0 aliphatic heterocycles. The van der Waals surface area contributed by atoms with E-state index < -0.39 is 0 Å². The summed E-state index contributed by atoms with van der Waals surface area (Å²) in [5.74, 6) is 0.821. The van der Waals surface area contributed by atoms with Gasteiger partial charge >= 0.3 is 5.97 Å². The molecule has 1 fully saturated rings. The van der Waals surface area contributed by atoms with Gasteiger partial charge in [-0.05, 0) is 12.8 Å². The summed E-state index contributed by atoms with van der Waals surface area (Å²) in [5.41, 5.74) is 6.04. The molecule has 0 aromatic rings. The Kier molecular flexibility index (Phi) is 7.90. The number of carbonyl (C=O) groups is 2. The van der Waals surface area contributed by atoms with E-state index in [1.807, 2.05) is 0 Å². The van der Waals surface area contributed by atoms with Gasteiger partial charge < -0.3 is 15.8 Å². The Hall–Kier alpha value is -0.750. The van der Waals surface area contributed by atoms with Crippen molar-refractivity contribution in [1.29, 1.82) is 0 Å². The normalized spacial score (nSPS) is 23.5. The van der Waals surface area contributed by atoms with Crippen LogP contribution in [0.15, 0.2) is 0 Å². The van der Waals surface area contributed by atoms with Crippen molar-refractivity contribution in [2.45, 2.75) is 38.1 Å². The number of methoxy groups -OCH3 is 1. The van der Waals surface area contributed by atoms with Crippen molar-refractivity contribution in [3.8, 4) is 0 Å². The minimum atomic E-state index is -0.234. The van der Waals surface area contributed by atoms with Gasteiger partial charge in [0, 0.05) is 18.3 Å². The van der Waals surface area contributed by atoms with E-state index in [1.54, 1.807) is 0 Å². The number of esters is 1. The van der Waals surface area contributed by atoms with Crippen LogP contribution in [0, 0.1) is 5.92 Å². The van der Waals surface area contributed by atoms with Gasteiger partial charge in [0.05, 0.1) is 18.8 Å². The van der Waals surface area contributed by atoms with Crippen LogP contribution in [0.3, 0.4) is 0 Å². The minimum Gasteiger partial charge on any atom is -0.468 e. The maximum atomic E-state index is 12.0. The molecule has 1 rings (SSSR count). The van der Waals surface area contributed by atoms with E-state index in [2.05, 4.69) is 10.1 Å². The first-order valence-electron chi connectivity index (χ1n) is 6.83. The molecule has 19 heavy (non-hydrogen) atoms. The van der Waals surface area contributed by atoms with Gasteiger partial charge in [-0.1, -0.05) is 19.3 Å². The molecule has 0 aromatic carbocycles. The zero-order valence-electron chi connectivity index (χ0n) is 11.5. The van der Waals surface area contributed by atoms with E-state index in [0.717, 1.165) is 25.7 Å². The molecule has 1 aliphatic carbocycles. The van der Waals surface area contributed by atoms with Crippen LogP contribution in [0.25, 0.3) is 0 Å². The van der Waals surface area contributed by atoms with Crippen molar-refractivity contribution in [2.24, 2.45) is 11.7 Å². The Morgan fingerprint density at radius 3 is 2.79 bits per heavy atom. The summed E-state index contributed by atoms with van der Waals surface area (Å²) in [6.07, 6.45) is 5.22. The summed E-state index contributed by atoms with van der Waals surface area (Å²) in [6, 6.07) is -0.00905. The highest BCUT2D eigenvalue weighted by Gasteiger charge is 2.26. The van der Waals surface area contributed by atoms with Crippen molar-refractivity contribution in [2.75, 3.05) is 25.2 Å². The topological polar surface area (TPSA) is 81.4 Å². The van der Waals surface area contributed by atoms with Crippen LogP contribution in [0.4, 0.5) is 0 Å². The molecule has 1 saturated carbocycles. The molecule has 0 bridgehead atoms. The molecule has 6 heteroatoms. The largest absolute Gasteiger partial charge is 0.468 e. The molecular formula is C13H24N2O3S. The molecule has 2 atom stereocenters. The molecule has 0 saturated heterocycles. The van der Waals surface area contributed by atoms with E-state index in [4.69, 9.17) is 5.73 Å². The van der Waals surface area contributed by atoms with Gasteiger partial charge in [0.1, 0.15) is 0 Å². The zero-order valence-corrected chi connectivity index (χ0v) is 12.3. The number of rotatable bonds is 6. The van der Waals surface area contributed by atoms with Crippen LogP contribution in [0.2, 0.25) is 0 Å². The standard InChI is InChI=1S/C13H24N2O3S/c1-18-12(16)9-19-8-7-15-13(17)10-5-3-2-4-6-11(10)14/h10-11H,2-9,14H2,1H3,(H,15,17)/t10-,11+/m0/s1. The molecule has 0 spiro atoms. The Morgan fingerprint density at radius 1 is 1.32 bits per heavy atom. The van der Waals surface area contributed by atoms with Crippen LogP contribution >= 0.6 is 11.8 Å². The number of hydrogen-bond donors (Lipinski definition) is 2. The Morgan fingerprint density at radius 2 is 2.05 bits per heavy atom. The second-order valence-electron chi connectivity index (χ2n) is 4.83. The highest BCUT2D eigenvalue weighted by molar-refractivity contribution is 7.99. The lowest BCUT2D eigenvalue weighted by Crippen LogP contribution is -2.42. The van der Waals surface area contributed by atoms with Gasteiger partial charge in [-0.2, -0.15) is 0 Å². The lowest BCUT2D eigenvalue weighted by molar-refractivity contribution is -0.137. The first-order valence-corrected chi connectivity index (χ1v) is 7.98. The fourth-order valence-corrected chi connectivity index (χ4v) is 2.93. The molecule has 110 valence electrons. The SMILES string of the molecule is COC(=O)CSCCNC(=O)[C@H]1CCCCC[C@H]1N. The second-order valence-corrected chi connectivity index (χ2v) is 5.93. The number of thioether (sulfide) groups is 1. The maximum Gasteiger partial charge on any atom is 0.315 e. The summed E-state index contributed by atoms with van der Waals surface area (Å²) >= 11 is 1.46. The van der Waals surface area contributed by atoms with Crippen molar-refractivity contribution in [3.63, 3.8) is 0 Å². The minimum absolute atomic E-state index is 0.00905. The number of carbonyl (C=O) groups excluding carboxylic acids is 2. The summed E-state index contributed by atoms with van der Waals surface area (Å²) in [7, 11) is 1.37. The van der Waals surface area contributed by atoms with E-state index >= 15 is 0 Å². The Balaban J connectivity index is 2.17. The van der Waals surface area contributed by atoms with Crippen molar-refractivity contribution >= 4 is 23.6 Å². The van der Waals surface area contributed by atoms with Gasteiger partial charge in [-0.15, -0.1) is 11.8 Å². The summed E-state index contributed by atoms with van der Waals surface area (Å²) in [6.45, 7) is 0.573. The van der Waals surface area contributed by atoms with Crippen LogP contribution in [0.5, 0.6) is 0 Å². The quantitative estimate of drug-likeness (QED) is 0.431. The highest BCUT2D eigenvalue weighted by atomic mass is 32.2. The molecule has 1 amide bonds. The zero-order chi connectivity index (χ0) is 14.1. The van der Waals surface area contributed by atoms with Gasteiger partial charge in [-0.3, -0.25) is 9.59 Å². The van der Waals surface area contributed by atoms with E-state index in [-0.39, 0.29) is 23.8 Å². The van der Waals surface area contributed by atoms with Crippen LogP contribution in [-0.2, 0) is 14.3 Å². The number of hydrogen-bond acceptors (Lipinski definition) is 5. The van der Waals surface area contributed by atoms with Gasteiger partial charge in [0.2, 0.25) is 5.91 Å². The predicted molar refractivity (Wildman–Crippen MR) is 76.9 cm³/mol. The third-order valence-corrected chi connectivity index (χ3v) is 4.33. The fraction of sp³-hybridized carbons (Fsp3) is 0.846. The lowest BCUT2D eigenvalue weighted by Gasteiger charge is -2.20. The highest BCUT2D eigenvalue weighted by Crippen LogP contribution is 2.22.